The van der Waals surface area contributed by atoms with E-state index in [4.69, 9.17) is 9.47 Å². The summed E-state index contributed by atoms with van der Waals surface area (Å²) in [5, 5.41) is 2.72. The number of hydrogen-bond donors (Lipinski definition) is 1. The molecule has 22 heavy (non-hydrogen) atoms. The third kappa shape index (κ3) is 5.73. The van der Waals surface area contributed by atoms with Gasteiger partial charge in [0, 0.05) is 20.7 Å². The Bertz CT molecular complexity index is 491. The molecule has 0 aromatic heterocycles. The first kappa shape index (κ1) is 18.0. The summed E-state index contributed by atoms with van der Waals surface area (Å²) in [5.74, 6) is -0.427. The normalized spacial score (nSPS) is 10.1. The van der Waals surface area contributed by atoms with Crippen LogP contribution >= 0.6 is 0 Å². The van der Waals surface area contributed by atoms with Crippen molar-refractivity contribution >= 4 is 17.7 Å². The number of urea groups is 1. The fourth-order valence-electron chi connectivity index (χ4n) is 1.70. The number of benzene rings is 1. The van der Waals surface area contributed by atoms with Crippen LogP contribution < -0.4 is 5.32 Å². The molecule has 1 N–H and O–H groups in total. The second-order valence-electron chi connectivity index (χ2n) is 4.88. The maximum Gasteiger partial charge on any atom is 0.340 e. The van der Waals surface area contributed by atoms with E-state index in [1.807, 2.05) is 6.92 Å². The van der Waals surface area contributed by atoms with Crippen LogP contribution in [0.25, 0.3) is 0 Å². The lowest BCUT2D eigenvalue weighted by Gasteiger charge is -2.18. The summed E-state index contributed by atoms with van der Waals surface area (Å²) < 4.78 is 10.1. The van der Waals surface area contributed by atoms with Gasteiger partial charge < -0.3 is 19.7 Å². The van der Waals surface area contributed by atoms with Crippen LogP contribution in [0.2, 0.25) is 0 Å². The van der Waals surface area contributed by atoms with Crippen LogP contribution in [0.4, 0.5) is 10.5 Å². The van der Waals surface area contributed by atoms with Gasteiger partial charge in [0.2, 0.25) is 0 Å². The van der Waals surface area contributed by atoms with Crippen molar-refractivity contribution in [2.75, 3.05) is 39.2 Å². The summed E-state index contributed by atoms with van der Waals surface area (Å²) in [5.41, 5.74) is 0.797. The highest BCUT2D eigenvalue weighted by Crippen LogP contribution is 2.17. The van der Waals surface area contributed by atoms with Crippen molar-refractivity contribution in [3.63, 3.8) is 0 Å². The van der Waals surface area contributed by atoms with E-state index in [-0.39, 0.29) is 6.03 Å². The Balaban J connectivity index is 2.70. The molecular weight excluding hydrogens is 284 g/mol. The first-order valence-corrected chi connectivity index (χ1v) is 7.37. The van der Waals surface area contributed by atoms with Crippen molar-refractivity contribution in [1.29, 1.82) is 0 Å². The monoisotopic (exact) mass is 308 g/mol. The number of anilines is 1. The van der Waals surface area contributed by atoms with E-state index in [0.29, 0.717) is 31.0 Å². The number of likely N-dealkylation sites (N-methyl/N-ethyl adjacent to an activating group) is 1. The molecule has 0 aliphatic rings. The average molecular weight is 308 g/mol. The van der Waals surface area contributed by atoms with Gasteiger partial charge in [-0.15, -0.1) is 0 Å². The second-order valence-corrected chi connectivity index (χ2v) is 4.88. The number of nitrogens with one attached hydrogen (secondary N) is 1. The molecule has 2 amide bonds. The molecular formula is C16H24N2O4. The van der Waals surface area contributed by atoms with Gasteiger partial charge in [0.25, 0.3) is 0 Å². The number of ether oxygens (including phenoxy) is 2. The molecule has 0 unspecified atom stereocenters. The van der Waals surface area contributed by atoms with Crippen molar-refractivity contribution < 1.29 is 19.1 Å². The number of methoxy groups -OCH3 is 1. The standard InChI is InChI=1S/C16H24N2O4/c1-4-5-11-22-15(19)13-8-6-7-9-14(13)17-16(20)18(2)10-12-21-3/h6-9H,4-5,10-12H2,1-3H3,(H,17,20). The minimum atomic E-state index is -0.427. The Hall–Kier alpha value is -2.08. The highest BCUT2D eigenvalue weighted by Gasteiger charge is 2.15. The first-order valence-electron chi connectivity index (χ1n) is 7.37. The number of nitrogens with zero attached hydrogens (tertiary/aromatic N) is 1. The molecule has 0 spiro atoms. The quantitative estimate of drug-likeness (QED) is 0.592. The van der Waals surface area contributed by atoms with Gasteiger partial charge in [-0.05, 0) is 18.6 Å². The highest BCUT2D eigenvalue weighted by molar-refractivity contribution is 6.00. The Morgan fingerprint density at radius 3 is 2.64 bits per heavy atom. The fraction of sp³-hybridized carbons (Fsp3) is 0.500. The van der Waals surface area contributed by atoms with Crippen molar-refractivity contribution in [2.45, 2.75) is 19.8 Å². The molecule has 6 heteroatoms. The Labute approximate surface area is 131 Å². The van der Waals surface area contributed by atoms with Crippen LogP contribution in [0.5, 0.6) is 0 Å². The summed E-state index contributed by atoms with van der Waals surface area (Å²) in [7, 11) is 3.24. The molecule has 0 aliphatic heterocycles. The van der Waals surface area contributed by atoms with Crippen LogP contribution in [-0.4, -0.2) is 50.8 Å². The SMILES string of the molecule is CCCCOC(=O)c1ccccc1NC(=O)N(C)CCOC. The minimum absolute atomic E-state index is 0.300. The lowest BCUT2D eigenvalue weighted by Crippen LogP contribution is -2.34. The molecule has 1 aromatic carbocycles. The molecule has 122 valence electrons. The zero-order valence-corrected chi connectivity index (χ0v) is 13.4. The third-order valence-corrected chi connectivity index (χ3v) is 3.10. The predicted molar refractivity (Wildman–Crippen MR) is 85.2 cm³/mol. The largest absolute Gasteiger partial charge is 0.462 e. The van der Waals surface area contributed by atoms with Gasteiger partial charge in [0.1, 0.15) is 0 Å². The van der Waals surface area contributed by atoms with Crippen LogP contribution in [-0.2, 0) is 9.47 Å². The van der Waals surface area contributed by atoms with Crippen molar-refractivity contribution in [3.8, 4) is 0 Å². The van der Waals surface area contributed by atoms with E-state index < -0.39 is 5.97 Å². The van der Waals surface area contributed by atoms with Crippen LogP contribution in [0, 0.1) is 0 Å². The van der Waals surface area contributed by atoms with E-state index >= 15 is 0 Å². The van der Waals surface area contributed by atoms with Gasteiger partial charge in [-0.2, -0.15) is 0 Å². The Morgan fingerprint density at radius 2 is 1.95 bits per heavy atom. The van der Waals surface area contributed by atoms with Crippen LogP contribution in [0.1, 0.15) is 30.1 Å². The van der Waals surface area contributed by atoms with Gasteiger partial charge in [-0.3, -0.25) is 0 Å². The number of para-hydroxylation sites is 1. The maximum absolute atomic E-state index is 12.1. The summed E-state index contributed by atoms with van der Waals surface area (Å²) in [6.45, 7) is 3.32. The number of unbranched alkanes of at least 4 members (excludes halogenated alkanes) is 1. The van der Waals surface area contributed by atoms with Crippen LogP contribution in [0.15, 0.2) is 24.3 Å². The molecule has 0 saturated heterocycles. The topological polar surface area (TPSA) is 67.9 Å². The van der Waals surface area contributed by atoms with Crippen molar-refractivity contribution in [3.05, 3.63) is 29.8 Å². The zero-order chi connectivity index (χ0) is 16.4. The molecule has 0 aliphatic carbocycles. The van der Waals surface area contributed by atoms with Crippen LogP contribution in [0.3, 0.4) is 0 Å². The molecule has 0 fully saturated rings. The smallest absolute Gasteiger partial charge is 0.340 e. The molecule has 0 bridgehead atoms. The molecule has 6 nitrogen and oxygen atoms in total. The fourth-order valence-corrected chi connectivity index (χ4v) is 1.70. The van der Waals surface area contributed by atoms with E-state index in [1.165, 1.54) is 4.90 Å². The number of esters is 1. The van der Waals surface area contributed by atoms with Gasteiger partial charge in [0.15, 0.2) is 0 Å². The van der Waals surface area contributed by atoms with Gasteiger partial charge in [0.05, 0.1) is 24.5 Å². The number of carbonyl (C=O) groups excluding carboxylic acids is 2. The highest BCUT2D eigenvalue weighted by atomic mass is 16.5. The number of rotatable bonds is 8. The van der Waals surface area contributed by atoms with E-state index in [0.717, 1.165) is 12.8 Å². The molecule has 0 atom stereocenters. The third-order valence-electron chi connectivity index (χ3n) is 3.10. The lowest BCUT2D eigenvalue weighted by molar-refractivity contribution is 0.0501. The molecule has 1 aromatic rings. The zero-order valence-electron chi connectivity index (χ0n) is 13.4. The average Bonchev–Trinajstić information content (AvgIpc) is 2.53. The minimum Gasteiger partial charge on any atom is -0.462 e. The molecule has 0 radical (unpaired) electrons. The Kier molecular flexibility index (Phi) is 7.99. The predicted octanol–water partition coefficient (Wildman–Crippen LogP) is 2.75. The summed E-state index contributed by atoms with van der Waals surface area (Å²) >= 11 is 0. The van der Waals surface area contributed by atoms with Gasteiger partial charge in [-0.25, -0.2) is 9.59 Å². The maximum atomic E-state index is 12.1. The molecule has 1 rings (SSSR count). The summed E-state index contributed by atoms with van der Waals surface area (Å²) in [6.07, 6.45) is 1.77. The number of carbonyl (C=O) groups is 2. The lowest BCUT2D eigenvalue weighted by atomic mass is 10.2. The van der Waals surface area contributed by atoms with E-state index in [2.05, 4.69) is 5.32 Å². The Morgan fingerprint density at radius 1 is 1.23 bits per heavy atom. The number of amides is 2. The van der Waals surface area contributed by atoms with Crippen molar-refractivity contribution in [2.24, 2.45) is 0 Å². The molecule has 0 saturated carbocycles. The van der Waals surface area contributed by atoms with E-state index in [1.54, 1.807) is 38.4 Å². The first-order chi connectivity index (χ1) is 10.6. The number of hydrogen-bond acceptors (Lipinski definition) is 4. The summed E-state index contributed by atoms with van der Waals surface area (Å²) in [4.78, 5) is 25.6. The van der Waals surface area contributed by atoms with Gasteiger partial charge >= 0.3 is 12.0 Å². The van der Waals surface area contributed by atoms with E-state index in [9.17, 15) is 9.59 Å². The summed E-state index contributed by atoms with van der Waals surface area (Å²) in [6, 6.07) is 6.51. The second kappa shape index (κ2) is 9.78. The van der Waals surface area contributed by atoms with Gasteiger partial charge in [-0.1, -0.05) is 25.5 Å². The molecule has 0 heterocycles. The van der Waals surface area contributed by atoms with Crippen molar-refractivity contribution in [1.82, 2.24) is 4.90 Å².